The van der Waals surface area contributed by atoms with E-state index in [1.165, 1.54) is 11.0 Å². The summed E-state index contributed by atoms with van der Waals surface area (Å²) in [5.74, 6) is 1.55. The topological polar surface area (TPSA) is 67.9 Å². The lowest BCUT2D eigenvalue weighted by Gasteiger charge is -2.15. The van der Waals surface area contributed by atoms with E-state index in [9.17, 15) is 9.59 Å². The molecule has 158 valence electrons. The molecule has 0 aromatic heterocycles. The highest BCUT2D eigenvalue weighted by atomic mass is 16.5. The fourth-order valence-electron chi connectivity index (χ4n) is 2.76. The zero-order valence-corrected chi connectivity index (χ0v) is 17.4. The van der Waals surface area contributed by atoms with E-state index in [1.807, 2.05) is 54.6 Å². The van der Waals surface area contributed by atoms with Gasteiger partial charge in [-0.2, -0.15) is 0 Å². The van der Waals surface area contributed by atoms with Gasteiger partial charge >= 0.3 is 0 Å². The number of hydrogen-bond donors (Lipinski definition) is 1. The average Bonchev–Trinajstić information content (AvgIpc) is 2.79. The summed E-state index contributed by atoms with van der Waals surface area (Å²) < 4.78 is 10.9. The first kappa shape index (κ1) is 21.6. The molecule has 0 atom stereocenters. The van der Waals surface area contributed by atoms with Gasteiger partial charge in [0.2, 0.25) is 11.8 Å². The highest BCUT2D eigenvalue weighted by molar-refractivity contribution is 5.97. The molecule has 0 aliphatic rings. The predicted octanol–water partition coefficient (Wildman–Crippen LogP) is 4.60. The number of benzene rings is 3. The van der Waals surface area contributed by atoms with E-state index in [4.69, 9.17) is 9.47 Å². The molecule has 2 amide bonds. The summed E-state index contributed by atoms with van der Waals surface area (Å²) >= 11 is 0. The molecular weight excluding hydrogens is 392 g/mol. The highest BCUT2D eigenvalue weighted by Gasteiger charge is 2.11. The minimum atomic E-state index is -0.289. The molecular formula is C25H24N2O4. The van der Waals surface area contributed by atoms with Crippen molar-refractivity contribution in [3.05, 3.63) is 90.5 Å². The molecule has 0 spiro atoms. The second-order valence-electron chi connectivity index (χ2n) is 6.79. The number of carbonyl (C=O) groups excluding carboxylic acids is 2. The number of nitrogens with zero attached hydrogens (tertiary/aromatic N) is 1. The van der Waals surface area contributed by atoms with Crippen LogP contribution in [0.25, 0.3) is 6.08 Å². The minimum Gasteiger partial charge on any atom is -0.497 e. The Morgan fingerprint density at radius 2 is 1.58 bits per heavy atom. The van der Waals surface area contributed by atoms with Crippen LogP contribution in [0.1, 0.15) is 5.56 Å². The fraction of sp³-hybridized carbons (Fsp3) is 0.120. The van der Waals surface area contributed by atoms with Gasteiger partial charge in [-0.05, 0) is 60.2 Å². The van der Waals surface area contributed by atoms with E-state index in [0.717, 1.165) is 11.3 Å². The smallest absolute Gasteiger partial charge is 0.246 e. The van der Waals surface area contributed by atoms with Gasteiger partial charge in [0.1, 0.15) is 17.2 Å². The van der Waals surface area contributed by atoms with Crippen LogP contribution in [-0.4, -0.2) is 37.4 Å². The number of amides is 2. The van der Waals surface area contributed by atoms with Gasteiger partial charge < -0.3 is 19.7 Å². The van der Waals surface area contributed by atoms with Crippen molar-refractivity contribution in [2.45, 2.75) is 0 Å². The Hall–Kier alpha value is -4.06. The standard InChI is InChI=1S/C25H24N2O4/c1-27(25(29)16-11-19-7-6-10-23(17-19)30-2)18-24(28)26-20-12-14-22(15-13-20)31-21-8-4-3-5-9-21/h3-17H,18H2,1-2H3,(H,26,28)/b16-11+. The van der Waals surface area contributed by atoms with Crippen LogP contribution in [0.3, 0.4) is 0 Å². The largest absolute Gasteiger partial charge is 0.497 e. The lowest BCUT2D eigenvalue weighted by atomic mass is 10.2. The normalized spacial score (nSPS) is 10.5. The molecule has 0 saturated heterocycles. The van der Waals surface area contributed by atoms with Crippen LogP contribution >= 0.6 is 0 Å². The van der Waals surface area contributed by atoms with Gasteiger partial charge in [0, 0.05) is 18.8 Å². The Kier molecular flexibility index (Phi) is 7.43. The Morgan fingerprint density at radius 3 is 2.29 bits per heavy atom. The van der Waals surface area contributed by atoms with E-state index in [1.54, 1.807) is 44.5 Å². The average molecular weight is 416 g/mol. The molecule has 0 unspecified atom stereocenters. The van der Waals surface area contributed by atoms with E-state index < -0.39 is 0 Å². The number of nitrogens with one attached hydrogen (secondary N) is 1. The molecule has 3 aromatic rings. The van der Waals surface area contributed by atoms with E-state index in [2.05, 4.69) is 5.32 Å². The SMILES string of the molecule is COc1cccc(/C=C/C(=O)N(C)CC(=O)Nc2ccc(Oc3ccccc3)cc2)c1. The first-order valence-electron chi connectivity index (χ1n) is 9.73. The molecule has 0 fully saturated rings. The van der Waals surface area contributed by atoms with Gasteiger partial charge in [-0.3, -0.25) is 9.59 Å². The minimum absolute atomic E-state index is 0.0659. The molecule has 1 N–H and O–H groups in total. The van der Waals surface area contributed by atoms with Gasteiger partial charge in [0.15, 0.2) is 0 Å². The van der Waals surface area contributed by atoms with Crippen molar-refractivity contribution < 1.29 is 19.1 Å². The predicted molar refractivity (Wildman–Crippen MR) is 121 cm³/mol. The summed E-state index contributed by atoms with van der Waals surface area (Å²) in [7, 11) is 3.17. The van der Waals surface area contributed by atoms with E-state index >= 15 is 0 Å². The molecule has 31 heavy (non-hydrogen) atoms. The van der Waals surface area contributed by atoms with Crippen molar-refractivity contribution in [1.82, 2.24) is 4.90 Å². The van der Waals surface area contributed by atoms with E-state index in [0.29, 0.717) is 17.2 Å². The molecule has 0 aliphatic carbocycles. The first-order valence-corrected chi connectivity index (χ1v) is 9.73. The van der Waals surface area contributed by atoms with Crippen molar-refractivity contribution in [3.8, 4) is 17.2 Å². The fourth-order valence-corrected chi connectivity index (χ4v) is 2.76. The zero-order valence-electron chi connectivity index (χ0n) is 17.4. The number of likely N-dealkylation sites (N-methyl/N-ethyl adjacent to an activating group) is 1. The molecule has 3 rings (SSSR count). The number of rotatable bonds is 8. The van der Waals surface area contributed by atoms with Crippen LogP contribution in [-0.2, 0) is 9.59 Å². The number of anilines is 1. The summed E-state index contributed by atoms with van der Waals surface area (Å²) in [4.78, 5) is 25.9. The third-order valence-electron chi connectivity index (χ3n) is 4.39. The molecule has 6 nitrogen and oxygen atoms in total. The second-order valence-corrected chi connectivity index (χ2v) is 6.79. The molecule has 3 aromatic carbocycles. The van der Waals surface area contributed by atoms with Crippen LogP contribution in [0, 0.1) is 0 Å². The first-order chi connectivity index (χ1) is 15.0. The molecule has 0 radical (unpaired) electrons. The van der Waals surface area contributed by atoms with Crippen molar-refractivity contribution in [2.75, 3.05) is 26.0 Å². The third kappa shape index (κ3) is 6.75. The Morgan fingerprint density at radius 1 is 0.903 bits per heavy atom. The van der Waals surface area contributed by atoms with Gasteiger partial charge in [-0.15, -0.1) is 0 Å². The molecule has 0 bridgehead atoms. The number of ether oxygens (including phenoxy) is 2. The second kappa shape index (κ2) is 10.6. The van der Waals surface area contributed by atoms with Crippen LogP contribution in [0.5, 0.6) is 17.2 Å². The highest BCUT2D eigenvalue weighted by Crippen LogP contribution is 2.22. The van der Waals surface area contributed by atoms with Gasteiger partial charge in [0.05, 0.1) is 13.7 Å². The van der Waals surface area contributed by atoms with Crippen molar-refractivity contribution in [1.29, 1.82) is 0 Å². The number of para-hydroxylation sites is 1. The van der Waals surface area contributed by atoms with E-state index in [-0.39, 0.29) is 18.4 Å². The summed E-state index contributed by atoms with van der Waals surface area (Å²) in [5.41, 5.74) is 1.46. The summed E-state index contributed by atoms with van der Waals surface area (Å²) in [6, 6.07) is 23.8. The van der Waals surface area contributed by atoms with Crippen LogP contribution in [0.2, 0.25) is 0 Å². The maximum atomic E-state index is 12.3. The Balaban J connectivity index is 1.50. The maximum absolute atomic E-state index is 12.3. The molecule has 0 heterocycles. The maximum Gasteiger partial charge on any atom is 0.246 e. The Bertz CT molecular complexity index is 1050. The summed E-state index contributed by atoms with van der Waals surface area (Å²) in [5, 5.41) is 2.78. The van der Waals surface area contributed by atoms with Crippen LogP contribution in [0.4, 0.5) is 5.69 Å². The summed E-state index contributed by atoms with van der Waals surface area (Å²) in [6.45, 7) is -0.0659. The zero-order chi connectivity index (χ0) is 22.1. The van der Waals surface area contributed by atoms with Crippen molar-refractivity contribution >= 4 is 23.6 Å². The number of methoxy groups -OCH3 is 1. The molecule has 0 aliphatic heterocycles. The van der Waals surface area contributed by atoms with Gasteiger partial charge in [0.25, 0.3) is 0 Å². The lowest BCUT2D eigenvalue weighted by molar-refractivity contribution is -0.129. The quantitative estimate of drug-likeness (QED) is 0.545. The van der Waals surface area contributed by atoms with Crippen LogP contribution < -0.4 is 14.8 Å². The van der Waals surface area contributed by atoms with Gasteiger partial charge in [-0.25, -0.2) is 0 Å². The molecule has 0 saturated carbocycles. The number of carbonyl (C=O) groups is 2. The van der Waals surface area contributed by atoms with Gasteiger partial charge in [-0.1, -0.05) is 30.3 Å². The van der Waals surface area contributed by atoms with Crippen molar-refractivity contribution in [3.63, 3.8) is 0 Å². The third-order valence-corrected chi connectivity index (χ3v) is 4.39. The lowest BCUT2D eigenvalue weighted by Crippen LogP contribution is -2.33. The Labute approximate surface area is 181 Å². The van der Waals surface area contributed by atoms with Crippen molar-refractivity contribution in [2.24, 2.45) is 0 Å². The summed E-state index contributed by atoms with van der Waals surface area (Å²) in [6.07, 6.45) is 3.11. The van der Waals surface area contributed by atoms with Crippen LogP contribution in [0.15, 0.2) is 84.9 Å². The monoisotopic (exact) mass is 416 g/mol. The number of hydrogen-bond acceptors (Lipinski definition) is 4. The molecule has 6 heteroatoms.